The van der Waals surface area contributed by atoms with Crippen LogP contribution in [0.3, 0.4) is 0 Å². The van der Waals surface area contributed by atoms with E-state index >= 15 is 0 Å². The van der Waals surface area contributed by atoms with Crippen LogP contribution in [0.15, 0.2) is 9.59 Å². The molecule has 0 radical (unpaired) electrons. The molecule has 2 aliphatic rings. The highest BCUT2D eigenvalue weighted by atomic mass is 32.1. The van der Waals surface area contributed by atoms with Crippen LogP contribution in [0.25, 0.3) is 10.2 Å². The molecule has 2 aromatic heterocycles. The van der Waals surface area contributed by atoms with Crippen LogP contribution in [0.2, 0.25) is 0 Å². The van der Waals surface area contributed by atoms with Crippen molar-refractivity contribution in [2.45, 2.75) is 45.6 Å². The molecule has 9 heteroatoms. The fraction of sp³-hybridized carbons (Fsp3) is 0.684. The van der Waals surface area contributed by atoms with Gasteiger partial charge in [-0.05, 0) is 19.4 Å². The lowest BCUT2D eigenvalue weighted by Crippen LogP contribution is -2.44. The SMILES string of the molecule is CC1(C)Cc2c(sc3c2c(=O)n(CCO)c(=O)n3CCN2CCOCC2)CO1. The van der Waals surface area contributed by atoms with E-state index in [1.807, 2.05) is 13.8 Å². The van der Waals surface area contributed by atoms with E-state index in [0.717, 1.165) is 34.9 Å². The highest BCUT2D eigenvalue weighted by molar-refractivity contribution is 7.18. The predicted octanol–water partition coefficient (Wildman–Crippen LogP) is 0.401. The highest BCUT2D eigenvalue weighted by Gasteiger charge is 2.32. The van der Waals surface area contributed by atoms with E-state index in [1.165, 1.54) is 15.9 Å². The number of rotatable bonds is 5. The third-order valence-corrected chi connectivity index (χ3v) is 6.73. The molecule has 2 aromatic rings. The summed E-state index contributed by atoms with van der Waals surface area (Å²) in [6.07, 6.45) is 0.637. The van der Waals surface area contributed by atoms with Gasteiger partial charge in [-0.1, -0.05) is 0 Å². The van der Waals surface area contributed by atoms with E-state index in [9.17, 15) is 14.7 Å². The molecule has 0 atom stereocenters. The van der Waals surface area contributed by atoms with Crippen molar-refractivity contribution in [2.75, 3.05) is 39.5 Å². The number of hydrogen-bond donors (Lipinski definition) is 1. The van der Waals surface area contributed by atoms with Gasteiger partial charge in [0.25, 0.3) is 5.56 Å². The molecule has 28 heavy (non-hydrogen) atoms. The van der Waals surface area contributed by atoms with Crippen LogP contribution >= 0.6 is 11.3 Å². The van der Waals surface area contributed by atoms with Gasteiger partial charge >= 0.3 is 5.69 Å². The molecule has 154 valence electrons. The summed E-state index contributed by atoms with van der Waals surface area (Å²) in [6.45, 7) is 8.57. The minimum atomic E-state index is -0.349. The Balaban J connectivity index is 1.82. The van der Waals surface area contributed by atoms with Gasteiger partial charge < -0.3 is 14.6 Å². The van der Waals surface area contributed by atoms with Crippen LogP contribution in [0.5, 0.6) is 0 Å². The molecule has 1 saturated heterocycles. The fourth-order valence-corrected chi connectivity index (χ4v) is 5.21. The first-order valence-electron chi connectivity index (χ1n) is 9.74. The maximum Gasteiger partial charge on any atom is 0.332 e. The molecule has 4 rings (SSSR count). The zero-order valence-electron chi connectivity index (χ0n) is 16.4. The number of ether oxygens (including phenoxy) is 2. The normalized spacial score (nSPS) is 19.8. The summed E-state index contributed by atoms with van der Waals surface area (Å²) in [5.41, 5.74) is 0.00262. The summed E-state index contributed by atoms with van der Waals surface area (Å²) in [4.78, 5) is 30.2. The number of aromatic nitrogens is 2. The van der Waals surface area contributed by atoms with Gasteiger partial charge in [0.15, 0.2) is 0 Å². The maximum atomic E-state index is 13.1. The topological polar surface area (TPSA) is 85.9 Å². The minimum Gasteiger partial charge on any atom is -0.395 e. The van der Waals surface area contributed by atoms with Crippen molar-refractivity contribution in [1.82, 2.24) is 14.0 Å². The van der Waals surface area contributed by atoms with Gasteiger partial charge in [0.1, 0.15) is 4.83 Å². The van der Waals surface area contributed by atoms with Crippen molar-refractivity contribution in [3.63, 3.8) is 0 Å². The molecule has 0 saturated carbocycles. The van der Waals surface area contributed by atoms with E-state index < -0.39 is 0 Å². The summed E-state index contributed by atoms with van der Waals surface area (Å²) < 4.78 is 14.2. The lowest BCUT2D eigenvalue weighted by Gasteiger charge is -2.30. The largest absolute Gasteiger partial charge is 0.395 e. The summed E-state index contributed by atoms with van der Waals surface area (Å²) in [5, 5.41) is 10.0. The monoisotopic (exact) mass is 409 g/mol. The van der Waals surface area contributed by atoms with E-state index in [0.29, 0.717) is 38.2 Å². The Kier molecular flexibility index (Phi) is 5.45. The zero-order valence-corrected chi connectivity index (χ0v) is 17.2. The first kappa shape index (κ1) is 19.8. The van der Waals surface area contributed by atoms with Crippen LogP contribution in [0.4, 0.5) is 0 Å². The molecule has 4 heterocycles. The summed E-state index contributed by atoms with van der Waals surface area (Å²) in [5.74, 6) is 0. The summed E-state index contributed by atoms with van der Waals surface area (Å²) >= 11 is 1.49. The third-order valence-electron chi connectivity index (χ3n) is 5.50. The van der Waals surface area contributed by atoms with Crippen molar-refractivity contribution in [3.05, 3.63) is 31.3 Å². The van der Waals surface area contributed by atoms with Crippen LogP contribution in [0.1, 0.15) is 24.3 Å². The van der Waals surface area contributed by atoms with Crippen molar-refractivity contribution in [3.8, 4) is 0 Å². The molecule has 2 aliphatic heterocycles. The van der Waals surface area contributed by atoms with Crippen molar-refractivity contribution in [1.29, 1.82) is 0 Å². The lowest BCUT2D eigenvalue weighted by atomic mass is 9.94. The minimum absolute atomic E-state index is 0.00960. The van der Waals surface area contributed by atoms with E-state index in [-0.39, 0.29) is 30.0 Å². The van der Waals surface area contributed by atoms with Crippen molar-refractivity contribution in [2.24, 2.45) is 0 Å². The van der Waals surface area contributed by atoms with Gasteiger partial charge in [-0.25, -0.2) is 4.79 Å². The Hall–Kier alpha value is -1.52. The second-order valence-electron chi connectivity index (χ2n) is 7.98. The van der Waals surface area contributed by atoms with Gasteiger partial charge in [-0.15, -0.1) is 11.3 Å². The molecular weight excluding hydrogens is 382 g/mol. The van der Waals surface area contributed by atoms with E-state index in [2.05, 4.69) is 4.90 Å². The molecule has 8 nitrogen and oxygen atoms in total. The number of nitrogens with zero attached hydrogens (tertiary/aromatic N) is 3. The average Bonchev–Trinajstić information content (AvgIpc) is 3.03. The number of fused-ring (bicyclic) bond motifs is 3. The third kappa shape index (κ3) is 3.57. The number of aliphatic hydroxyl groups is 1. The lowest BCUT2D eigenvalue weighted by molar-refractivity contribution is -0.0379. The Morgan fingerprint density at radius 2 is 1.86 bits per heavy atom. The Morgan fingerprint density at radius 3 is 2.57 bits per heavy atom. The molecule has 0 amide bonds. The standard InChI is InChI=1S/C19H27N3O5S/c1-19(2)11-13-14(12-27-19)28-17-15(13)16(24)21(5-8-23)18(25)22(17)4-3-20-6-9-26-10-7-20/h23H,3-12H2,1-2H3. The quantitative estimate of drug-likeness (QED) is 0.770. The van der Waals surface area contributed by atoms with Crippen LogP contribution in [-0.2, 0) is 35.6 Å². The Labute approximate surface area is 166 Å². The van der Waals surface area contributed by atoms with Crippen molar-refractivity contribution < 1.29 is 14.6 Å². The molecule has 1 N–H and O–H groups in total. The molecule has 0 bridgehead atoms. The summed E-state index contributed by atoms with van der Waals surface area (Å²) in [6, 6.07) is 0. The van der Waals surface area contributed by atoms with Gasteiger partial charge in [0.05, 0.1) is 44.0 Å². The second kappa shape index (κ2) is 7.72. The molecule has 0 aromatic carbocycles. The first-order chi connectivity index (χ1) is 13.4. The molecular formula is C19H27N3O5S. The first-order valence-corrected chi connectivity index (χ1v) is 10.6. The Bertz CT molecular complexity index is 984. The fourth-order valence-electron chi connectivity index (χ4n) is 3.96. The molecule has 0 aliphatic carbocycles. The van der Waals surface area contributed by atoms with Gasteiger partial charge in [0.2, 0.25) is 0 Å². The zero-order chi connectivity index (χ0) is 19.9. The Morgan fingerprint density at radius 1 is 1.11 bits per heavy atom. The van der Waals surface area contributed by atoms with Gasteiger partial charge in [-0.2, -0.15) is 0 Å². The van der Waals surface area contributed by atoms with Crippen molar-refractivity contribution >= 4 is 21.6 Å². The van der Waals surface area contributed by atoms with Crippen LogP contribution in [0, 0.1) is 0 Å². The number of thiophene rings is 1. The van der Waals surface area contributed by atoms with E-state index in [4.69, 9.17) is 9.47 Å². The average molecular weight is 410 g/mol. The molecule has 0 unspecified atom stereocenters. The number of morpholine rings is 1. The number of hydrogen-bond acceptors (Lipinski definition) is 7. The maximum absolute atomic E-state index is 13.1. The van der Waals surface area contributed by atoms with Crippen LogP contribution in [-0.4, -0.2) is 64.2 Å². The van der Waals surface area contributed by atoms with E-state index in [1.54, 1.807) is 4.57 Å². The number of aliphatic hydroxyl groups excluding tert-OH is 1. The molecule has 1 fully saturated rings. The van der Waals surface area contributed by atoms with Gasteiger partial charge in [-0.3, -0.25) is 18.8 Å². The predicted molar refractivity (Wildman–Crippen MR) is 107 cm³/mol. The smallest absolute Gasteiger partial charge is 0.332 e. The second-order valence-corrected chi connectivity index (χ2v) is 9.06. The molecule has 0 spiro atoms. The van der Waals surface area contributed by atoms with Crippen LogP contribution < -0.4 is 11.2 Å². The summed E-state index contributed by atoms with van der Waals surface area (Å²) in [7, 11) is 0. The highest BCUT2D eigenvalue weighted by Crippen LogP contribution is 2.37. The van der Waals surface area contributed by atoms with Gasteiger partial charge in [0, 0.05) is 37.5 Å².